The number of carbonyl (C=O) groups is 8. The molecule has 18 nitrogen and oxygen atoms in total. The largest absolute Gasteiger partial charge is 0.514 e. The van der Waals surface area contributed by atoms with Gasteiger partial charge in [0.1, 0.15) is 35.3 Å². The van der Waals surface area contributed by atoms with E-state index in [1.807, 2.05) is 112 Å². The average Bonchev–Trinajstić information content (AvgIpc) is 2.89. The Kier molecular flexibility index (Phi) is 42.5. The van der Waals surface area contributed by atoms with Gasteiger partial charge in [-0.05, 0) is 150 Å². The lowest BCUT2D eigenvalue weighted by molar-refractivity contribution is -0.131. The van der Waals surface area contributed by atoms with Crippen LogP contribution < -0.4 is 31.3 Å². The SMILES string of the molecule is C=C(CNC(=O)c1ccc(-c2ccc(Cl)cc2)cc1)N(C)C1C(=O)NCC(=O)NC(C(=O)NCC(=O)CCCC)Cc2ccc(OC(=O)OC(C)(C)C)c(c2)-c2cc1ccc2CCC.C=CC.CC.CC.CC=O.CCCCNC(=O)OC(C)(C)C.CO. The van der Waals surface area contributed by atoms with Crippen LogP contribution in [0.15, 0.2) is 110 Å². The molecule has 5 rings (SSSR count). The normalized spacial score (nSPS) is 13.0. The number of amides is 5. The number of likely N-dealkylation sites (N-methyl/N-ethyl adjacent to an activating group) is 1. The van der Waals surface area contributed by atoms with Crippen molar-refractivity contribution in [2.24, 2.45) is 0 Å². The summed E-state index contributed by atoms with van der Waals surface area (Å²) in [5.74, 6) is -2.08. The molecule has 0 fully saturated rings. The number of hydrogen-bond acceptors (Lipinski definition) is 13. The molecule has 5 amide bonds. The quantitative estimate of drug-likeness (QED) is 0.0179. The number of ketones is 1. The molecule has 4 aromatic rings. The molecular weight excluding hydrogens is 1140 g/mol. The maximum Gasteiger partial charge on any atom is 0.514 e. The highest BCUT2D eigenvalue weighted by Gasteiger charge is 2.31. The minimum Gasteiger partial charge on any atom is -0.444 e. The number of unbranched alkanes of at least 4 members (excludes halogenated alkanes) is 2. The van der Waals surface area contributed by atoms with Crippen LogP contribution >= 0.6 is 11.6 Å². The zero-order valence-electron chi connectivity index (χ0n) is 55.6. The van der Waals surface area contributed by atoms with Gasteiger partial charge in [-0.3, -0.25) is 24.0 Å². The highest BCUT2D eigenvalue weighted by molar-refractivity contribution is 6.30. The second kappa shape index (κ2) is 45.5. The maximum atomic E-state index is 14.3. The molecule has 88 heavy (non-hydrogen) atoms. The summed E-state index contributed by atoms with van der Waals surface area (Å²) >= 11 is 6.05. The fourth-order valence-corrected chi connectivity index (χ4v) is 8.00. The Bertz CT molecular complexity index is 2770. The Hall–Kier alpha value is -7.83. The molecule has 488 valence electrons. The molecule has 0 radical (unpaired) electrons. The van der Waals surface area contributed by atoms with E-state index in [1.165, 1.54) is 6.92 Å². The number of benzene rings is 4. The number of aliphatic hydroxyl groups excluding tert-OH is 1. The maximum absolute atomic E-state index is 14.3. The molecule has 0 spiro atoms. The van der Waals surface area contributed by atoms with Gasteiger partial charge in [-0.1, -0.05) is 134 Å². The van der Waals surface area contributed by atoms with Crippen molar-refractivity contribution in [3.05, 3.63) is 137 Å². The molecule has 2 unspecified atom stereocenters. The summed E-state index contributed by atoms with van der Waals surface area (Å²) in [6, 6.07) is 23.0. The number of fused-ring (bicyclic) bond motifs is 5. The highest BCUT2D eigenvalue weighted by Crippen LogP contribution is 2.38. The smallest absolute Gasteiger partial charge is 0.444 e. The molecule has 1 aliphatic heterocycles. The number of alkyl carbamates (subject to hydrolysis) is 1. The van der Waals surface area contributed by atoms with Crippen LogP contribution in [0.4, 0.5) is 9.59 Å². The van der Waals surface area contributed by atoms with Crippen LogP contribution in [0.2, 0.25) is 5.02 Å². The fraction of sp³-hybridized carbons (Fsp3) is 0.478. The summed E-state index contributed by atoms with van der Waals surface area (Å²) in [6.07, 6.45) is 6.58. The number of halogens is 1. The third-order valence-electron chi connectivity index (χ3n) is 11.8. The van der Waals surface area contributed by atoms with E-state index in [-0.39, 0.29) is 43.0 Å². The molecule has 6 N–H and O–H groups in total. The van der Waals surface area contributed by atoms with Gasteiger partial charge in [-0.2, -0.15) is 0 Å². The number of aryl methyl sites for hydroxylation is 1. The second-order valence-electron chi connectivity index (χ2n) is 21.2. The summed E-state index contributed by atoms with van der Waals surface area (Å²) in [5, 5.41) is 21.4. The molecular formula is C69H103ClN6O12. The monoisotopic (exact) mass is 1240 g/mol. The molecule has 2 atom stereocenters. The number of aldehydes is 1. The molecule has 19 heteroatoms. The third-order valence-corrected chi connectivity index (χ3v) is 12.0. The van der Waals surface area contributed by atoms with Crippen molar-refractivity contribution in [3.8, 4) is 28.0 Å². The number of aliphatic hydroxyl groups is 1. The summed E-state index contributed by atoms with van der Waals surface area (Å²) in [7, 11) is 2.67. The van der Waals surface area contributed by atoms with Gasteiger partial charge in [0.05, 0.1) is 19.6 Å². The van der Waals surface area contributed by atoms with Crippen LogP contribution in [-0.2, 0) is 46.3 Å². The lowest BCUT2D eigenvalue weighted by Gasteiger charge is -2.32. The number of nitrogens with zero attached hydrogens (tertiary/aromatic N) is 1. The van der Waals surface area contributed by atoms with Crippen molar-refractivity contribution >= 4 is 59.5 Å². The number of rotatable bonds is 18. The van der Waals surface area contributed by atoms with E-state index in [0.29, 0.717) is 64.3 Å². The Balaban J connectivity index is 0. The van der Waals surface area contributed by atoms with Crippen LogP contribution in [-0.4, -0.2) is 116 Å². The van der Waals surface area contributed by atoms with Crippen molar-refractivity contribution in [1.82, 2.24) is 31.5 Å². The number of allylic oxidation sites excluding steroid dienone is 1. The Morgan fingerprint density at radius 1 is 0.750 bits per heavy atom. The van der Waals surface area contributed by atoms with Crippen LogP contribution in [0, 0.1) is 0 Å². The van der Waals surface area contributed by atoms with Gasteiger partial charge in [-0.15, -0.1) is 6.58 Å². The van der Waals surface area contributed by atoms with Crippen LogP contribution in [0.1, 0.15) is 175 Å². The van der Waals surface area contributed by atoms with Crippen molar-refractivity contribution < 1.29 is 57.7 Å². The summed E-state index contributed by atoms with van der Waals surface area (Å²) < 4.78 is 16.4. The Labute approximate surface area is 530 Å². The van der Waals surface area contributed by atoms with Crippen molar-refractivity contribution in [3.63, 3.8) is 0 Å². The van der Waals surface area contributed by atoms with Crippen molar-refractivity contribution in [2.45, 2.75) is 179 Å². The Morgan fingerprint density at radius 2 is 1.31 bits per heavy atom. The number of nitrogens with one attached hydrogen (secondary N) is 5. The average molecular weight is 1240 g/mol. The molecule has 0 saturated carbocycles. The first-order chi connectivity index (χ1) is 41.7. The summed E-state index contributed by atoms with van der Waals surface area (Å²) in [5.41, 5.74) is 4.63. The van der Waals surface area contributed by atoms with Gasteiger partial charge in [0, 0.05) is 55.4 Å². The predicted octanol–water partition coefficient (Wildman–Crippen LogP) is 13.3. The number of carbonyl (C=O) groups excluding carboxylic acids is 8. The number of ether oxygens (including phenoxy) is 3. The second-order valence-corrected chi connectivity index (χ2v) is 21.7. The van der Waals surface area contributed by atoms with Gasteiger partial charge in [-0.25, -0.2) is 9.59 Å². The van der Waals surface area contributed by atoms with Gasteiger partial charge in [0.2, 0.25) is 17.7 Å². The molecule has 0 saturated heterocycles. The van der Waals surface area contributed by atoms with Crippen LogP contribution in [0.25, 0.3) is 22.3 Å². The van der Waals surface area contributed by atoms with Crippen LogP contribution in [0.3, 0.4) is 0 Å². The van der Waals surface area contributed by atoms with Crippen molar-refractivity contribution in [1.29, 1.82) is 0 Å². The fourth-order valence-electron chi connectivity index (χ4n) is 7.87. The first-order valence-corrected chi connectivity index (χ1v) is 30.6. The van der Waals surface area contributed by atoms with E-state index in [4.69, 9.17) is 35.7 Å². The van der Waals surface area contributed by atoms with Gasteiger partial charge >= 0.3 is 12.2 Å². The first kappa shape index (κ1) is 82.2. The third kappa shape index (κ3) is 32.8. The van der Waals surface area contributed by atoms with E-state index >= 15 is 0 Å². The lowest BCUT2D eigenvalue weighted by Crippen LogP contribution is -2.52. The molecule has 0 aromatic heterocycles. The predicted molar refractivity (Wildman–Crippen MR) is 355 cm³/mol. The highest BCUT2D eigenvalue weighted by atomic mass is 35.5. The lowest BCUT2D eigenvalue weighted by atomic mass is 9.90. The van der Waals surface area contributed by atoms with E-state index in [0.717, 1.165) is 55.8 Å². The van der Waals surface area contributed by atoms with Crippen molar-refractivity contribution in [2.75, 3.05) is 40.3 Å². The van der Waals surface area contributed by atoms with E-state index in [2.05, 4.69) is 46.7 Å². The van der Waals surface area contributed by atoms with Crippen LogP contribution in [0.5, 0.6) is 5.75 Å². The van der Waals surface area contributed by atoms with E-state index in [1.54, 1.807) is 81.3 Å². The van der Waals surface area contributed by atoms with E-state index in [9.17, 15) is 33.6 Å². The zero-order valence-corrected chi connectivity index (χ0v) is 56.3. The summed E-state index contributed by atoms with van der Waals surface area (Å²) in [6.45, 7) is 35.8. The summed E-state index contributed by atoms with van der Waals surface area (Å²) in [4.78, 5) is 102. The Morgan fingerprint density at radius 3 is 1.84 bits per heavy atom. The van der Waals surface area contributed by atoms with E-state index < -0.39 is 53.7 Å². The molecule has 1 aliphatic rings. The topological polar surface area (TPSA) is 248 Å². The standard InChI is InChI=1S/C50H58ClN5O8.C9H19NO2.C3H6.C2H4O.2C2H6.CH4O/c1-8-10-12-39(57)29-53-47(60)42-26-32-13-24-43(63-49(62)64-50(4,5)6)41(25-32)40-27-37(19-16-35(40)11-9-2)45(48(61)54-30-44(58)55-42)56(7)31(3)28-52-46(59)36-17-14-33(15-18-36)34-20-22-38(51)23-21-34;1-5-6-7-10-8(11)12-9(2,3)4;1-3-2;1-2-3;3*1-2/h13-25,27,42,45H,3,8-12,26,28-30H2,1-2,4-7H3,(H,52,59)(H,53,60)(H,54,61)(H,55,58);5-7H2,1-4H3,(H,10,11);3H,1H2,2H3;2H,1H3;2*1-2H3;2H,1H3. The van der Waals surface area contributed by atoms with Gasteiger partial charge in [0.25, 0.3) is 5.91 Å². The minimum absolute atomic E-state index is 0.0145. The minimum atomic E-state index is -1.13. The number of hydrogen-bond donors (Lipinski definition) is 6. The van der Waals surface area contributed by atoms with Gasteiger partial charge < -0.3 is 55.6 Å². The zero-order chi connectivity index (χ0) is 67.6. The number of Topliss-reactive ketones (excluding diaryl/α,β-unsaturated/α-hetero) is 1. The molecule has 1 heterocycles. The molecule has 0 aliphatic carbocycles. The van der Waals surface area contributed by atoms with Gasteiger partial charge in [0.15, 0.2) is 5.78 Å². The first-order valence-electron chi connectivity index (χ1n) is 30.2. The molecule has 4 aromatic carbocycles. The molecule has 4 bridgehead atoms.